The zero-order chi connectivity index (χ0) is 8.39. The molecule has 0 bridgehead atoms. The van der Waals surface area contributed by atoms with Gasteiger partial charge < -0.3 is 4.42 Å². The second-order valence-electron chi connectivity index (χ2n) is 2.07. The molecule has 0 spiro atoms. The molecule has 0 aliphatic heterocycles. The van der Waals surface area contributed by atoms with Crippen molar-refractivity contribution in [2.45, 2.75) is 0 Å². The van der Waals surface area contributed by atoms with Gasteiger partial charge in [0, 0.05) is 12.3 Å². The Bertz CT molecular complexity index is 423. The van der Waals surface area contributed by atoms with Crippen molar-refractivity contribution in [3.63, 3.8) is 0 Å². The molecule has 5 heteroatoms. The molecule has 0 atom stereocenters. The molecule has 0 radical (unpaired) electrons. The number of aliphatic imine (C=N–C) groups is 1. The van der Waals surface area contributed by atoms with E-state index in [2.05, 4.69) is 15.0 Å². The van der Waals surface area contributed by atoms with Crippen molar-refractivity contribution < 1.29 is 9.21 Å². The Morgan fingerprint density at radius 2 is 2.50 bits per heavy atom. The Morgan fingerprint density at radius 1 is 1.58 bits per heavy atom. The molecule has 5 nitrogen and oxygen atoms in total. The molecule has 2 aromatic rings. The molecular weight excluding hydrogens is 158 g/mol. The lowest BCUT2D eigenvalue weighted by molar-refractivity contribution is 0.560. The van der Waals surface area contributed by atoms with Crippen LogP contribution in [0, 0.1) is 0 Å². The summed E-state index contributed by atoms with van der Waals surface area (Å²) in [4.78, 5) is 20.8. The van der Waals surface area contributed by atoms with Gasteiger partial charge in [-0.25, -0.2) is 14.8 Å². The van der Waals surface area contributed by atoms with Gasteiger partial charge in [-0.2, -0.15) is 0 Å². The summed E-state index contributed by atoms with van der Waals surface area (Å²) in [7, 11) is 0. The third kappa shape index (κ3) is 0.980. The van der Waals surface area contributed by atoms with E-state index in [0.717, 1.165) is 0 Å². The number of fused-ring (bicyclic) bond motifs is 1. The smallest absolute Gasteiger partial charge is 0.243 e. The Labute approximate surface area is 66.8 Å². The number of aromatic nitrogens is 2. The quantitative estimate of drug-likeness (QED) is 0.465. The molecule has 0 unspecified atom stereocenters. The van der Waals surface area contributed by atoms with Gasteiger partial charge >= 0.3 is 0 Å². The van der Waals surface area contributed by atoms with Gasteiger partial charge in [0.1, 0.15) is 6.33 Å². The van der Waals surface area contributed by atoms with Crippen LogP contribution >= 0.6 is 0 Å². The van der Waals surface area contributed by atoms with Crippen molar-refractivity contribution in [3.05, 3.63) is 18.6 Å². The number of nitrogens with zero attached hydrogens (tertiary/aromatic N) is 3. The SMILES string of the molecule is O=C=Nc1cc2cncnc2o1. The van der Waals surface area contributed by atoms with E-state index in [4.69, 9.17) is 4.42 Å². The van der Waals surface area contributed by atoms with Gasteiger partial charge in [-0.1, -0.05) is 0 Å². The molecule has 12 heavy (non-hydrogen) atoms. The van der Waals surface area contributed by atoms with Crippen molar-refractivity contribution in [2.24, 2.45) is 4.99 Å². The van der Waals surface area contributed by atoms with Gasteiger partial charge in [0.2, 0.25) is 17.7 Å². The number of hydrogen-bond acceptors (Lipinski definition) is 5. The maximum atomic E-state index is 9.86. The van der Waals surface area contributed by atoms with Crippen molar-refractivity contribution in [2.75, 3.05) is 0 Å². The standard InChI is InChI=1S/C7H3N3O2/c11-4-10-6-1-5-2-8-3-9-7(5)12-6/h1-3H. The number of carbonyl (C=O) groups excluding carboxylic acids is 1. The Morgan fingerprint density at radius 3 is 3.25 bits per heavy atom. The third-order valence-electron chi connectivity index (χ3n) is 1.34. The molecule has 0 N–H and O–H groups in total. The normalized spacial score (nSPS) is 9.67. The summed E-state index contributed by atoms with van der Waals surface area (Å²) in [6, 6.07) is 1.57. The number of rotatable bonds is 1. The first-order valence-electron chi connectivity index (χ1n) is 3.17. The van der Waals surface area contributed by atoms with Crippen LogP contribution < -0.4 is 0 Å². The molecule has 2 rings (SSSR count). The minimum absolute atomic E-state index is 0.195. The summed E-state index contributed by atoms with van der Waals surface area (Å²) in [6.45, 7) is 0. The third-order valence-corrected chi connectivity index (χ3v) is 1.34. The van der Waals surface area contributed by atoms with E-state index in [0.29, 0.717) is 11.1 Å². The fourth-order valence-corrected chi connectivity index (χ4v) is 0.875. The van der Waals surface area contributed by atoms with Crippen LogP contribution in [0.1, 0.15) is 0 Å². The molecule has 2 heterocycles. The average molecular weight is 161 g/mol. The van der Waals surface area contributed by atoms with Crippen molar-refractivity contribution in [3.8, 4) is 0 Å². The highest BCUT2D eigenvalue weighted by Gasteiger charge is 2.01. The van der Waals surface area contributed by atoms with Gasteiger partial charge in [0.15, 0.2) is 0 Å². The summed E-state index contributed by atoms with van der Waals surface area (Å²) in [5.41, 5.74) is 0.416. The first kappa shape index (κ1) is 6.69. The first-order valence-corrected chi connectivity index (χ1v) is 3.17. The van der Waals surface area contributed by atoms with Crippen LogP contribution in [0.5, 0.6) is 0 Å². The van der Waals surface area contributed by atoms with Crippen LogP contribution in [0.4, 0.5) is 5.88 Å². The molecule has 0 aliphatic rings. The second-order valence-corrected chi connectivity index (χ2v) is 2.07. The zero-order valence-corrected chi connectivity index (χ0v) is 5.89. The molecule has 0 amide bonds. The fraction of sp³-hybridized carbons (Fsp3) is 0. The summed E-state index contributed by atoms with van der Waals surface area (Å²) >= 11 is 0. The molecule has 0 saturated carbocycles. The molecule has 2 aromatic heterocycles. The molecular formula is C7H3N3O2. The van der Waals surface area contributed by atoms with E-state index in [1.807, 2.05) is 0 Å². The van der Waals surface area contributed by atoms with E-state index in [1.165, 1.54) is 12.4 Å². The molecule has 0 aromatic carbocycles. The molecule has 0 fully saturated rings. The van der Waals surface area contributed by atoms with Crippen molar-refractivity contribution in [1.82, 2.24) is 9.97 Å². The van der Waals surface area contributed by atoms with Gasteiger partial charge in [0.25, 0.3) is 0 Å². The van der Waals surface area contributed by atoms with E-state index in [9.17, 15) is 4.79 Å². The number of isocyanates is 1. The number of furan rings is 1. The predicted molar refractivity (Wildman–Crippen MR) is 39.6 cm³/mol. The summed E-state index contributed by atoms with van der Waals surface area (Å²) in [6.07, 6.45) is 4.32. The second kappa shape index (κ2) is 2.56. The summed E-state index contributed by atoms with van der Waals surface area (Å²) in [5, 5.41) is 0.714. The average Bonchev–Trinajstić information content (AvgIpc) is 2.47. The van der Waals surface area contributed by atoms with Crippen LogP contribution in [0.3, 0.4) is 0 Å². The topological polar surface area (TPSA) is 68.3 Å². The molecule has 58 valence electrons. The van der Waals surface area contributed by atoms with E-state index in [-0.39, 0.29) is 5.88 Å². The lowest BCUT2D eigenvalue weighted by atomic mass is 10.4. The number of hydrogen-bond donors (Lipinski definition) is 0. The maximum absolute atomic E-state index is 9.86. The largest absolute Gasteiger partial charge is 0.419 e. The Balaban J connectivity index is 2.69. The van der Waals surface area contributed by atoms with Crippen molar-refractivity contribution >= 4 is 23.1 Å². The van der Waals surface area contributed by atoms with Crippen LogP contribution in [0.2, 0.25) is 0 Å². The van der Waals surface area contributed by atoms with E-state index in [1.54, 1.807) is 12.3 Å². The van der Waals surface area contributed by atoms with Crippen LogP contribution in [0.25, 0.3) is 11.1 Å². The Kier molecular flexibility index (Phi) is 1.43. The Hall–Kier alpha value is -2.00. The van der Waals surface area contributed by atoms with Crippen molar-refractivity contribution in [1.29, 1.82) is 0 Å². The monoisotopic (exact) mass is 161 g/mol. The van der Waals surface area contributed by atoms with Crippen LogP contribution in [0.15, 0.2) is 28.0 Å². The minimum Gasteiger partial charge on any atom is -0.419 e. The van der Waals surface area contributed by atoms with Gasteiger partial charge in [-0.15, -0.1) is 4.99 Å². The highest BCUT2D eigenvalue weighted by Crippen LogP contribution is 2.21. The summed E-state index contributed by atoms with van der Waals surface area (Å²) in [5.74, 6) is 0.195. The highest BCUT2D eigenvalue weighted by atomic mass is 16.4. The van der Waals surface area contributed by atoms with Crippen LogP contribution in [-0.4, -0.2) is 16.0 Å². The zero-order valence-electron chi connectivity index (χ0n) is 5.89. The van der Waals surface area contributed by atoms with E-state index < -0.39 is 0 Å². The first-order chi connectivity index (χ1) is 5.90. The van der Waals surface area contributed by atoms with E-state index >= 15 is 0 Å². The maximum Gasteiger partial charge on any atom is 0.243 e. The molecule has 0 saturated heterocycles. The lowest BCUT2D eigenvalue weighted by Gasteiger charge is -1.80. The van der Waals surface area contributed by atoms with Gasteiger partial charge in [0.05, 0.1) is 5.39 Å². The minimum atomic E-state index is 0.195. The lowest BCUT2D eigenvalue weighted by Crippen LogP contribution is -1.72. The van der Waals surface area contributed by atoms with Gasteiger partial charge in [-0.3, -0.25) is 0 Å². The van der Waals surface area contributed by atoms with Gasteiger partial charge in [-0.05, 0) is 0 Å². The molecule has 0 aliphatic carbocycles. The predicted octanol–water partition coefficient (Wildman–Crippen LogP) is 1.19. The highest BCUT2D eigenvalue weighted by molar-refractivity contribution is 5.75. The fourth-order valence-electron chi connectivity index (χ4n) is 0.875. The summed E-state index contributed by atoms with van der Waals surface area (Å²) < 4.78 is 5.03. The van der Waals surface area contributed by atoms with Crippen LogP contribution in [-0.2, 0) is 4.79 Å².